The molecule has 4 rings (SSSR count). The van der Waals surface area contributed by atoms with E-state index in [4.69, 9.17) is 11.6 Å². The van der Waals surface area contributed by atoms with Crippen LogP contribution in [0.5, 0.6) is 0 Å². The molecule has 0 saturated heterocycles. The summed E-state index contributed by atoms with van der Waals surface area (Å²) in [5.41, 5.74) is 0.288. The van der Waals surface area contributed by atoms with E-state index in [-0.39, 0.29) is 17.2 Å². The average molecular weight is 478 g/mol. The Morgan fingerprint density at radius 2 is 2.00 bits per heavy atom. The van der Waals surface area contributed by atoms with Crippen LogP contribution in [0.4, 0.5) is 19.1 Å². The first-order chi connectivity index (χ1) is 15.7. The van der Waals surface area contributed by atoms with E-state index in [9.17, 15) is 23.2 Å². The molecule has 0 aliphatic heterocycles. The van der Waals surface area contributed by atoms with E-state index in [0.717, 1.165) is 6.42 Å². The van der Waals surface area contributed by atoms with Crippen molar-refractivity contribution in [2.45, 2.75) is 43.8 Å². The number of amides is 1. The van der Waals surface area contributed by atoms with Crippen molar-refractivity contribution in [2.75, 3.05) is 11.9 Å². The fourth-order valence-corrected chi connectivity index (χ4v) is 4.19. The summed E-state index contributed by atoms with van der Waals surface area (Å²) < 4.78 is 38.0. The van der Waals surface area contributed by atoms with Crippen LogP contribution in [0.25, 0.3) is 22.3 Å². The first kappa shape index (κ1) is 22.8. The number of nitrogens with zero attached hydrogens (tertiary/aromatic N) is 4. The number of nitrogens with one attached hydrogen (secondary N) is 3. The molecule has 3 aromatic heterocycles. The number of rotatable bonds is 5. The number of hydrogen-bond donors (Lipinski definition) is 3. The van der Waals surface area contributed by atoms with Gasteiger partial charge in [0.2, 0.25) is 11.9 Å². The number of carbonyl (C=O) groups is 1. The average Bonchev–Trinajstić information content (AvgIpc) is 3.20. The van der Waals surface area contributed by atoms with Crippen LogP contribution in [-0.4, -0.2) is 44.1 Å². The normalized spacial score (nSPS) is 15.7. The number of halogens is 4. The number of fused-ring (bicyclic) bond motifs is 1. The highest BCUT2D eigenvalue weighted by atomic mass is 35.5. The van der Waals surface area contributed by atoms with E-state index < -0.39 is 24.2 Å². The summed E-state index contributed by atoms with van der Waals surface area (Å²) in [6.07, 6.45) is 2.79. The Morgan fingerprint density at radius 1 is 1.24 bits per heavy atom. The van der Waals surface area contributed by atoms with Crippen molar-refractivity contribution in [2.24, 2.45) is 0 Å². The Hall–Kier alpha value is -3.39. The third kappa shape index (κ3) is 4.85. The zero-order valence-corrected chi connectivity index (χ0v) is 18.0. The second-order valence-corrected chi connectivity index (χ2v) is 8.32. The maximum Gasteiger partial charge on any atom is 0.405 e. The number of aromatic nitrogens is 4. The zero-order chi connectivity index (χ0) is 23.6. The smallest absolute Gasteiger partial charge is 0.345 e. The van der Waals surface area contributed by atoms with Gasteiger partial charge in [-0.2, -0.15) is 18.4 Å². The molecule has 8 nitrogen and oxygen atoms in total. The molecule has 172 valence electrons. The number of anilines is 1. The van der Waals surface area contributed by atoms with Gasteiger partial charge in [-0.3, -0.25) is 4.79 Å². The van der Waals surface area contributed by atoms with Crippen LogP contribution >= 0.6 is 11.6 Å². The lowest BCUT2D eigenvalue weighted by Crippen LogP contribution is -2.55. The van der Waals surface area contributed by atoms with Crippen molar-refractivity contribution in [1.29, 1.82) is 5.26 Å². The largest absolute Gasteiger partial charge is 0.405 e. The minimum absolute atomic E-state index is 0.0393. The molecule has 0 atom stereocenters. The third-order valence-corrected chi connectivity index (χ3v) is 5.81. The molecule has 0 unspecified atom stereocenters. The monoisotopic (exact) mass is 477 g/mol. The molecular weight excluding hydrogens is 459 g/mol. The van der Waals surface area contributed by atoms with Gasteiger partial charge < -0.3 is 15.6 Å². The van der Waals surface area contributed by atoms with Crippen molar-refractivity contribution < 1.29 is 18.0 Å². The molecule has 1 aliphatic rings. The highest BCUT2D eigenvalue weighted by Crippen LogP contribution is 2.34. The van der Waals surface area contributed by atoms with Gasteiger partial charge in [0.1, 0.15) is 23.8 Å². The second kappa shape index (κ2) is 8.86. The lowest BCUT2D eigenvalue weighted by Gasteiger charge is -2.36. The molecule has 3 heterocycles. The van der Waals surface area contributed by atoms with Crippen LogP contribution in [0.1, 0.15) is 37.7 Å². The van der Waals surface area contributed by atoms with Crippen LogP contribution in [0, 0.1) is 11.3 Å². The Balaban J connectivity index is 1.70. The van der Waals surface area contributed by atoms with Crippen LogP contribution in [0.2, 0.25) is 5.02 Å². The molecule has 1 saturated carbocycles. The number of carbonyl (C=O) groups excluding carboxylic acids is 1. The molecule has 1 amide bonds. The van der Waals surface area contributed by atoms with Crippen LogP contribution < -0.4 is 10.6 Å². The molecular formula is C21H19ClF3N7O. The Morgan fingerprint density at radius 3 is 2.70 bits per heavy atom. The molecule has 1 fully saturated rings. The van der Waals surface area contributed by atoms with Crippen molar-refractivity contribution in [3.63, 3.8) is 0 Å². The predicted octanol–water partition coefficient (Wildman–Crippen LogP) is 4.34. The van der Waals surface area contributed by atoms with E-state index in [2.05, 4.69) is 25.3 Å². The summed E-state index contributed by atoms with van der Waals surface area (Å²) in [5.74, 6) is -0.713. The van der Waals surface area contributed by atoms with Gasteiger partial charge in [-0.05, 0) is 18.9 Å². The van der Waals surface area contributed by atoms with Crippen LogP contribution in [0.3, 0.4) is 0 Å². The zero-order valence-electron chi connectivity index (χ0n) is 17.3. The van der Waals surface area contributed by atoms with Gasteiger partial charge in [0.05, 0.1) is 22.5 Å². The second-order valence-electron chi connectivity index (χ2n) is 7.89. The van der Waals surface area contributed by atoms with E-state index in [1.54, 1.807) is 12.3 Å². The van der Waals surface area contributed by atoms with Crippen molar-refractivity contribution >= 4 is 34.5 Å². The summed E-state index contributed by atoms with van der Waals surface area (Å²) in [5, 5.41) is 15.6. The molecule has 0 spiro atoms. The van der Waals surface area contributed by atoms with E-state index in [1.165, 1.54) is 12.4 Å². The molecule has 1 aliphatic carbocycles. The molecule has 12 heteroatoms. The number of alkyl halides is 3. The maximum absolute atomic E-state index is 12.8. The van der Waals surface area contributed by atoms with Gasteiger partial charge in [-0.15, -0.1) is 0 Å². The minimum atomic E-state index is -4.52. The first-order valence-electron chi connectivity index (χ1n) is 10.2. The van der Waals surface area contributed by atoms with Crippen molar-refractivity contribution in [1.82, 2.24) is 25.3 Å². The highest BCUT2D eigenvalue weighted by Gasteiger charge is 2.41. The summed E-state index contributed by atoms with van der Waals surface area (Å²) in [6, 6.07) is 3.72. The van der Waals surface area contributed by atoms with E-state index in [1.807, 2.05) is 11.4 Å². The molecule has 0 bridgehead atoms. The quantitative estimate of drug-likeness (QED) is 0.503. The van der Waals surface area contributed by atoms with Gasteiger partial charge in [-0.25, -0.2) is 15.0 Å². The number of nitriles is 1. The summed E-state index contributed by atoms with van der Waals surface area (Å²) in [4.78, 5) is 28.6. The lowest BCUT2D eigenvalue weighted by molar-refractivity contribution is -0.141. The maximum atomic E-state index is 12.8. The van der Waals surface area contributed by atoms with E-state index >= 15 is 0 Å². The molecule has 3 aromatic rings. The molecule has 3 N–H and O–H groups in total. The van der Waals surface area contributed by atoms with Gasteiger partial charge >= 0.3 is 6.18 Å². The standard InChI is InChI=1S/C21H19ClF3N7O/c22-13-6-14-15(10-28-17(14)27-9-13)16-12(7-26)8-29-19(31-16)32-20(4-2-1-3-5-20)18(33)30-11-21(23,24)25/h6,8-10H,1-5,11H2,(H,27,28)(H,30,33)(H,29,31,32). The minimum Gasteiger partial charge on any atom is -0.345 e. The van der Waals surface area contributed by atoms with E-state index in [0.29, 0.717) is 47.3 Å². The van der Waals surface area contributed by atoms with Gasteiger partial charge in [-0.1, -0.05) is 30.9 Å². The number of aromatic amines is 1. The van der Waals surface area contributed by atoms with Crippen molar-refractivity contribution in [3.05, 3.63) is 35.2 Å². The lowest BCUT2D eigenvalue weighted by atomic mass is 9.81. The van der Waals surface area contributed by atoms with Gasteiger partial charge in [0.25, 0.3) is 0 Å². The number of hydrogen-bond acceptors (Lipinski definition) is 6. The summed E-state index contributed by atoms with van der Waals surface area (Å²) >= 11 is 6.07. The SMILES string of the molecule is N#Cc1cnc(NC2(C(=O)NCC(F)(F)F)CCCCC2)nc1-c1c[nH]c2ncc(Cl)cc12. The Labute approximate surface area is 191 Å². The van der Waals surface area contributed by atoms with Gasteiger partial charge in [0, 0.05) is 23.3 Å². The summed E-state index contributed by atoms with van der Waals surface area (Å²) in [7, 11) is 0. The number of pyridine rings is 1. The highest BCUT2D eigenvalue weighted by molar-refractivity contribution is 6.31. The fourth-order valence-electron chi connectivity index (χ4n) is 4.03. The topological polar surface area (TPSA) is 119 Å². The summed E-state index contributed by atoms with van der Waals surface area (Å²) in [6.45, 7) is -1.42. The van der Waals surface area contributed by atoms with Crippen LogP contribution in [-0.2, 0) is 4.79 Å². The van der Waals surface area contributed by atoms with Crippen LogP contribution in [0.15, 0.2) is 24.7 Å². The first-order valence-corrected chi connectivity index (χ1v) is 10.6. The Kier molecular flexibility index (Phi) is 6.12. The number of H-pyrrole nitrogens is 1. The molecule has 33 heavy (non-hydrogen) atoms. The fraction of sp³-hybridized carbons (Fsp3) is 0.381. The predicted molar refractivity (Wildman–Crippen MR) is 115 cm³/mol. The van der Waals surface area contributed by atoms with Gasteiger partial charge in [0.15, 0.2) is 0 Å². The Bertz CT molecular complexity index is 1230. The molecule has 0 radical (unpaired) electrons. The molecule has 0 aromatic carbocycles. The van der Waals surface area contributed by atoms with Crippen molar-refractivity contribution in [3.8, 4) is 17.3 Å². The third-order valence-electron chi connectivity index (χ3n) is 5.60.